The van der Waals surface area contributed by atoms with Crippen LogP contribution >= 0.6 is 0 Å². The number of halogens is 3. The molecule has 0 saturated carbocycles. The number of ether oxygens (including phenoxy) is 2. The van der Waals surface area contributed by atoms with Crippen LogP contribution in [0.5, 0.6) is 0 Å². The molecular weight excluding hydrogens is 541 g/mol. The number of alkyl halides is 3. The molecule has 4 rings (SSSR count). The van der Waals surface area contributed by atoms with Crippen LogP contribution in [0.4, 0.5) is 13.2 Å². The van der Waals surface area contributed by atoms with Crippen molar-refractivity contribution in [1.29, 1.82) is 0 Å². The van der Waals surface area contributed by atoms with E-state index in [9.17, 15) is 34.8 Å². The highest BCUT2D eigenvalue weighted by Crippen LogP contribution is 2.42. The number of benzene rings is 1. The molecule has 10 nitrogen and oxygen atoms in total. The fourth-order valence-electron chi connectivity index (χ4n) is 4.57. The zero-order valence-electron chi connectivity index (χ0n) is 19.6. The van der Waals surface area contributed by atoms with Crippen LogP contribution in [0.25, 0.3) is 0 Å². The van der Waals surface area contributed by atoms with Crippen LogP contribution in [0.15, 0.2) is 47.1 Å². The highest BCUT2D eigenvalue weighted by atomic mass is 32.2. The summed E-state index contributed by atoms with van der Waals surface area (Å²) in [6.07, 6.45) is 3.14. The zero-order valence-corrected chi connectivity index (χ0v) is 21.3. The van der Waals surface area contributed by atoms with Crippen molar-refractivity contribution in [3.8, 4) is 0 Å². The summed E-state index contributed by atoms with van der Waals surface area (Å²) >= 11 is 0. The molecule has 3 aliphatic rings. The summed E-state index contributed by atoms with van der Waals surface area (Å²) in [5.74, 6) is -1.43. The number of hydrogen-bond acceptors (Lipinski definition) is 9. The minimum absolute atomic E-state index is 0.0818. The lowest BCUT2D eigenvalue weighted by Gasteiger charge is -2.37. The van der Waals surface area contributed by atoms with E-state index in [-0.39, 0.29) is 24.5 Å². The fourth-order valence-corrected chi connectivity index (χ4v) is 6.59. The van der Waals surface area contributed by atoms with Gasteiger partial charge < -0.3 is 19.0 Å². The number of carbonyl (C=O) groups excluding carboxylic acids is 1. The Labute approximate surface area is 212 Å². The van der Waals surface area contributed by atoms with Crippen molar-refractivity contribution in [3.63, 3.8) is 0 Å². The van der Waals surface area contributed by atoms with E-state index in [0.717, 1.165) is 23.2 Å². The number of rotatable bonds is 8. The third-order valence-electron chi connectivity index (χ3n) is 6.55. The van der Waals surface area contributed by atoms with Crippen molar-refractivity contribution in [2.75, 3.05) is 32.8 Å². The molecule has 0 radical (unpaired) electrons. The number of nitrogens with one attached hydrogen (secondary N) is 1. The number of nitrogens with zero attached hydrogens (tertiary/aromatic N) is 1. The first kappa shape index (κ1) is 28.0. The van der Waals surface area contributed by atoms with E-state index in [0.29, 0.717) is 13.0 Å². The van der Waals surface area contributed by atoms with Gasteiger partial charge in [-0.25, -0.2) is 8.42 Å². The van der Waals surface area contributed by atoms with Crippen molar-refractivity contribution >= 4 is 25.9 Å². The van der Waals surface area contributed by atoms with E-state index >= 15 is 0 Å². The molecule has 3 heterocycles. The van der Waals surface area contributed by atoms with Gasteiger partial charge in [-0.15, -0.1) is 0 Å². The fraction of sp³-hybridized carbons (Fsp3) is 0.591. The summed E-state index contributed by atoms with van der Waals surface area (Å²) in [7, 11) is -10.2. The quantitative estimate of drug-likeness (QED) is 0.369. The second kappa shape index (κ2) is 10.6. The third kappa shape index (κ3) is 5.71. The molecule has 1 N–H and O–H groups in total. The van der Waals surface area contributed by atoms with Crippen molar-refractivity contribution in [2.24, 2.45) is 5.41 Å². The Kier molecular flexibility index (Phi) is 8.03. The van der Waals surface area contributed by atoms with Gasteiger partial charge in [0.15, 0.2) is 12.1 Å². The predicted molar refractivity (Wildman–Crippen MR) is 123 cm³/mol. The highest BCUT2D eigenvalue weighted by molar-refractivity contribution is 7.89. The maximum Gasteiger partial charge on any atom is 0.534 e. The van der Waals surface area contributed by atoms with Crippen molar-refractivity contribution in [3.05, 3.63) is 42.2 Å². The van der Waals surface area contributed by atoms with E-state index in [1.165, 1.54) is 24.3 Å². The Morgan fingerprint density at radius 3 is 2.51 bits per heavy atom. The van der Waals surface area contributed by atoms with Gasteiger partial charge in [0.2, 0.25) is 10.0 Å². The highest BCUT2D eigenvalue weighted by Gasteiger charge is 2.58. The SMILES string of the molecule is O=C1[C@@H](CCOC2CCCCO2)NC[C@@]12CN(S(=O)(=O)c1ccccc1)CC=C2OS(=O)(=O)C(F)(F)F. The summed E-state index contributed by atoms with van der Waals surface area (Å²) in [5.41, 5.74) is -7.71. The van der Waals surface area contributed by atoms with Crippen LogP contribution in [-0.4, -0.2) is 77.6 Å². The Hall–Kier alpha value is -2.04. The molecule has 206 valence electrons. The van der Waals surface area contributed by atoms with Gasteiger partial charge >= 0.3 is 15.6 Å². The van der Waals surface area contributed by atoms with E-state index in [4.69, 9.17) is 9.47 Å². The molecule has 15 heteroatoms. The van der Waals surface area contributed by atoms with Crippen LogP contribution in [-0.2, 0) is 38.6 Å². The Morgan fingerprint density at radius 2 is 1.86 bits per heavy atom. The molecule has 1 spiro atoms. The molecule has 1 unspecified atom stereocenters. The van der Waals surface area contributed by atoms with Gasteiger partial charge in [-0.3, -0.25) is 4.79 Å². The standard InChI is InChI=1S/C22H27F3N2O8S2/c23-22(24,25)37(31,32)35-18-9-11-27(36(29,30)16-6-2-1-3-7-16)15-21(18)14-26-17(20(21)28)10-13-34-19-8-4-5-12-33-19/h1-3,6-7,9,17,19,26H,4-5,8,10-15H2/t17-,19?,21+/m1/s1. The van der Waals surface area contributed by atoms with E-state index in [1.807, 2.05) is 0 Å². The van der Waals surface area contributed by atoms with Crippen LogP contribution in [0, 0.1) is 5.41 Å². The number of Topliss-reactive ketones (excluding diaryl/α,β-unsaturated/α-hetero) is 1. The molecule has 0 aliphatic carbocycles. The van der Waals surface area contributed by atoms with Crippen molar-refractivity contribution in [2.45, 2.75) is 48.4 Å². The normalized spacial score (nSPS) is 27.9. The Balaban J connectivity index is 1.59. The predicted octanol–water partition coefficient (Wildman–Crippen LogP) is 1.90. The first-order valence-electron chi connectivity index (χ1n) is 11.6. The van der Waals surface area contributed by atoms with Gasteiger partial charge in [0.25, 0.3) is 0 Å². The number of ketones is 1. The van der Waals surface area contributed by atoms with Gasteiger partial charge in [0, 0.05) is 26.2 Å². The molecule has 0 bridgehead atoms. The molecule has 1 aromatic carbocycles. The lowest BCUT2D eigenvalue weighted by Crippen LogP contribution is -2.51. The topological polar surface area (TPSA) is 128 Å². The molecular formula is C22H27F3N2O8S2. The number of hydrogen-bond donors (Lipinski definition) is 1. The summed E-state index contributed by atoms with van der Waals surface area (Å²) in [6, 6.07) is 6.37. The molecule has 0 aromatic heterocycles. The average molecular weight is 569 g/mol. The molecule has 0 amide bonds. The molecule has 3 atom stereocenters. The Bertz CT molecular complexity index is 1230. The monoisotopic (exact) mass is 568 g/mol. The Morgan fingerprint density at radius 1 is 1.14 bits per heavy atom. The maximum atomic E-state index is 13.6. The van der Waals surface area contributed by atoms with Gasteiger partial charge in [0.1, 0.15) is 11.2 Å². The summed E-state index contributed by atoms with van der Waals surface area (Å²) in [6.45, 7) is -0.757. The third-order valence-corrected chi connectivity index (χ3v) is 9.34. The van der Waals surface area contributed by atoms with E-state index in [2.05, 4.69) is 9.50 Å². The van der Waals surface area contributed by atoms with Gasteiger partial charge in [0.05, 0.1) is 17.5 Å². The largest absolute Gasteiger partial charge is 0.534 e. The number of sulfonamides is 1. The van der Waals surface area contributed by atoms with Gasteiger partial charge in [-0.1, -0.05) is 18.2 Å². The zero-order chi connectivity index (χ0) is 26.9. The molecule has 2 fully saturated rings. The molecule has 37 heavy (non-hydrogen) atoms. The smallest absolute Gasteiger partial charge is 0.380 e. The number of carbonyl (C=O) groups is 1. The molecule has 2 saturated heterocycles. The van der Waals surface area contributed by atoms with E-state index < -0.39 is 68.0 Å². The van der Waals surface area contributed by atoms with Gasteiger partial charge in [-0.2, -0.15) is 25.9 Å². The van der Waals surface area contributed by atoms with Crippen LogP contribution in [0.3, 0.4) is 0 Å². The average Bonchev–Trinajstić information content (AvgIpc) is 3.16. The summed E-state index contributed by atoms with van der Waals surface area (Å²) in [4.78, 5) is 13.5. The van der Waals surface area contributed by atoms with Crippen LogP contribution in [0.1, 0.15) is 25.7 Å². The maximum absolute atomic E-state index is 13.6. The summed E-state index contributed by atoms with van der Waals surface area (Å²) in [5, 5.41) is 2.88. The lowest BCUT2D eigenvalue weighted by atomic mass is 9.79. The molecule has 3 aliphatic heterocycles. The second-order valence-corrected chi connectivity index (χ2v) is 12.5. The first-order valence-corrected chi connectivity index (χ1v) is 14.5. The van der Waals surface area contributed by atoms with Crippen LogP contribution in [0.2, 0.25) is 0 Å². The lowest BCUT2D eigenvalue weighted by molar-refractivity contribution is -0.164. The van der Waals surface area contributed by atoms with Crippen molar-refractivity contribution < 1.29 is 48.5 Å². The second-order valence-electron chi connectivity index (χ2n) is 9.00. The summed E-state index contributed by atoms with van der Waals surface area (Å²) < 4.78 is 106. The minimum atomic E-state index is -6.10. The van der Waals surface area contributed by atoms with Gasteiger partial charge in [-0.05, 0) is 43.9 Å². The minimum Gasteiger partial charge on any atom is -0.380 e. The van der Waals surface area contributed by atoms with E-state index in [1.54, 1.807) is 6.07 Å². The molecule has 1 aromatic rings. The first-order chi connectivity index (χ1) is 17.4. The van der Waals surface area contributed by atoms with Crippen molar-refractivity contribution in [1.82, 2.24) is 9.62 Å². The van der Waals surface area contributed by atoms with Crippen LogP contribution < -0.4 is 5.32 Å².